The molecule has 0 saturated heterocycles. The van der Waals surface area contributed by atoms with Crippen LogP contribution in [0.25, 0.3) is 0 Å². The van der Waals surface area contributed by atoms with E-state index in [1.165, 1.54) is 25.7 Å². The summed E-state index contributed by atoms with van der Waals surface area (Å²) in [4.78, 5) is 2.60. The highest BCUT2D eigenvalue weighted by Crippen LogP contribution is 2.34. The maximum atomic E-state index is 5.97. The SMILES string of the molecule is CCC1CCC(CN)C(N(C)C(C)C(C)C)C1. The highest BCUT2D eigenvalue weighted by molar-refractivity contribution is 4.88. The monoisotopic (exact) mass is 240 g/mol. The van der Waals surface area contributed by atoms with Crippen LogP contribution in [0, 0.1) is 17.8 Å². The smallest absolute Gasteiger partial charge is 0.0138 e. The minimum atomic E-state index is 0.657. The third kappa shape index (κ3) is 3.69. The van der Waals surface area contributed by atoms with Gasteiger partial charge in [0.2, 0.25) is 0 Å². The largest absolute Gasteiger partial charge is 0.330 e. The van der Waals surface area contributed by atoms with Crippen LogP contribution in [0.15, 0.2) is 0 Å². The summed E-state index contributed by atoms with van der Waals surface area (Å²) in [5.41, 5.74) is 5.97. The lowest BCUT2D eigenvalue weighted by atomic mass is 9.76. The second kappa shape index (κ2) is 6.75. The Bertz CT molecular complexity index is 215. The van der Waals surface area contributed by atoms with Crippen molar-refractivity contribution >= 4 is 0 Å². The predicted molar refractivity (Wildman–Crippen MR) is 76.0 cm³/mol. The van der Waals surface area contributed by atoms with Gasteiger partial charge in [-0.25, -0.2) is 0 Å². The van der Waals surface area contributed by atoms with Crippen molar-refractivity contribution in [2.24, 2.45) is 23.5 Å². The van der Waals surface area contributed by atoms with E-state index in [0.717, 1.165) is 18.4 Å². The maximum absolute atomic E-state index is 5.97. The predicted octanol–water partition coefficient (Wildman–Crippen LogP) is 3.12. The average molecular weight is 240 g/mol. The summed E-state index contributed by atoms with van der Waals surface area (Å²) in [6.07, 6.45) is 5.40. The summed E-state index contributed by atoms with van der Waals surface area (Å²) in [5.74, 6) is 2.36. The third-order valence-electron chi connectivity index (χ3n) is 5.08. The highest BCUT2D eigenvalue weighted by Gasteiger charge is 2.33. The van der Waals surface area contributed by atoms with E-state index in [4.69, 9.17) is 5.73 Å². The molecule has 102 valence electrons. The Morgan fingerprint density at radius 2 is 1.88 bits per heavy atom. The molecule has 2 heteroatoms. The van der Waals surface area contributed by atoms with Gasteiger partial charge in [0.15, 0.2) is 0 Å². The van der Waals surface area contributed by atoms with E-state index in [1.807, 2.05) is 0 Å². The topological polar surface area (TPSA) is 29.3 Å². The van der Waals surface area contributed by atoms with E-state index >= 15 is 0 Å². The lowest BCUT2D eigenvalue weighted by molar-refractivity contribution is 0.0581. The Morgan fingerprint density at radius 3 is 2.35 bits per heavy atom. The van der Waals surface area contributed by atoms with Crippen molar-refractivity contribution in [3.8, 4) is 0 Å². The summed E-state index contributed by atoms with van der Waals surface area (Å²) in [6, 6.07) is 1.36. The van der Waals surface area contributed by atoms with E-state index < -0.39 is 0 Å². The average Bonchev–Trinajstić information content (AvgIpc) is 2.35. The van der Waals surface area contributed by atoms with Crippen LogP contribution in [0.5, 0.6) is 0 Å². The summed E-state index contributed by atoms with van der Waals surface area (Å²) < 4.78 is 0. The Kier molecular flexibility index (Phi) is 5.94. The van der Waals surface area contributed by atoms with Gasteiger partial charge in [-0.3, -0.25) is 0 Å². The van der Waals surface area contributed by atoms with Crippen LogP contribution >= 0.6 is 0 Å². The lowest BCUT2D eigenvalue weighted by Crippen LogP contribution is -2.49. The van der Waals surface area contributed by atoms with E-state index in [2.05, 4.69) is 39.6 Å². The first-order valence-corrected chi connectivity index (χ1v) is 7.43. The van der Waals surface area contributed by atoms with E-state index in [9.17, 15) is 0 Å². The molecule has 0 aliphatic heterocycles. The van der Waals surface area contributed by atoms with Gasteiger partial charge < -0.3 is 10.6 Å². The van der Waals surface area contributed by atoms with Gasteiger partial charge in [0, 0.05) is 12.1 Å². The van der Waals surface area contributed by atoms with Crippen LogP contribution < -0.4 is 5.73 Å². The molecule has 0 heterocycles. The molecule has 0 amide bonds. The van der Waals surface area contributed by atoms with Crippen LogP contribution in [-0.2, 0) is 0 Å². The fourth-order valence-corrected chi connectivity index (χ4v) is 3.21. The molecule has 1 fully saturated rings. The second-order valence-corrected chi connectivity index (χ2v) is 6.30. The fraction of sp³-hybridized carbons (Fsp3) is 1.00. The van der Waals surface area contributed by atoms with E-state index in [0.29, 0.717) is 18.0 Å². The minimum absolute atomic E-state index is 0.657. The first-order valence-electron chi connectivity index (χ1n) is 7.43. The van der Waals surface area contributed by atoms with Gasteiger partial charge >= 0.3 is 0 Å². The summed E-state index contributed by atoms with van der Waals surface area (Å²) in [6.45, 7) is 10.2. The molecule has 0 aromatic carbocycles. The van der Waals surface area contributed by atoms with Crippen molar-refractivity contribution in [2.75, 3.05) is 13.6 Å². The van der Waals surface area contributed by atoms with Gasteiger partial charge in [0.25, 0.3) is 0 Å². The Hall–Kier alpha value is -0.0800. The molecule has 0 spiro atoms. The molecule has 0 aromatic rings. The van der Waals surface area contributed by atoms with Crippen LogP contribution in [0.4, 0.5) is 0 Å². The maximum Gasteiger partial charge on any atom is 0.0138 e. The highest BCUT2D eigenvalue weighted by atomic mass is 15.2. The molecule has 1 saturated carbocycles. The molecule has 2 nitrogen and oxygen atoms in total. The molecule has 2 N–H and O–H groups in total. The van der Waals surface area contributed by atoms with Crippen molar-refractivity contribution in [2.45, 2.75) is 65.5 Å². The molecule has 4 unspecified atom stereocenters. The first kappa shape index (κ1) is 15.0. The van der Waals surface area contributed by atoms with Crippen LogP contribution in [0.3, 0.4) is 0 Å². The normalized spacial score (nSPS) is 32.1. The standard InChI is InChI=1S/C15H32N2/c1-6-13-7-8-14(10-16)15(9-13)17(5)12(4)11(2)3/h11-15H,6-10,16H2,1-5H3. The zero-order valence-electron chi connectivity index (χ0n) is 12.4. The van der Waals surface area contributed by atoms with Crippen LogP contribution in [0.2, 0.25) is 0 Å². The Labute approximate surface area is 108 Å². The van der Waals surface area contributed by atoms with Gasteiger partial charge in [0.05, 0.1) is 0 Å². The van der Waals surface area contributed by atoms with Crippen molar-refractivity contribution in [3.05, 3.63) is 0 Å². The zero-order valence-corrected chi connectivity index (χ0v) is 12.4. The molecule has 1 aliphatic rings. The summed E-state index contributed by atoms with van der Waals surface area (Å²) >= 11 is 0. The molecule has 17 heavy (non-hydrogen) atoms. The zero-order chi connectivity index (χ0) is 13.0. The number of nitrogens with two attached hydrogens (primary N) is 1. The molecule has 0 aromatic heterocycles. The van der Waals surface area contributed by atoms with Crippen molar-refractivity contribution in [3.63, 3.8) is 0 Å². The van der Waals surface area contributed by atoms with E-state index in [-0.39, 0.29) is 0 Å². The number of hydrogen-bond donors (Lipinski definition) is 1. The van der Waals surface area contributed by atoms with Gasteiger partial charge in [-0.1, -0.05) is 33.6 Å². The Balaban J connectivity index is 2.68. The van der Waals surface area contributed by atoms with Gasteiger partial charge in [-0.2, -0.15) is 0 Å². The second-order valence-electron chi connectivity index (χ2n) is 6.30. The quantitative estimate of drug-likeness (QED) is 0.800. The molecular weight excluding hydrogens is 208 g/mol. The van der Waals surface area contributed by atoms with Gasteiger partial charge in [0.1, 0.15) is 0 Å². The molecule has 1 aliphatic carbocycles. The number of hydrogen-bond acceptors (Lipinski definition) is 2. The van der Waals surface area contributed by atoms with Gasteiger partial charge in [-0.05, 0) is 51.1 Å². The summed E-state index contributed by atoms with van der Waals surface area (Å²) in [5, 5.41) is 0. The van der Waals surface area contributed by atoms with E-state index in [1.54, 1.807) is 0 Å². The molecule has 1 rings (SSSR count). The fourth-order valence-electron chi connectivity index (χ4n) is 3.21. The lowest BCUT2D eigenvalue weighted by Gasteiger charge is -2.44. The number of nitrogens with zero attached hydrogens (tertiary/aromatic N) is 1. The molecule has 0 radical (unpaired) electrons. The van der Waals surface area contributed by atoms with Crippen molar-refractivity contribution in [1.82, 2.24) is 4.90 Å². The minimum Gasteiger partial charge on any atom is -0.330 e. The Morgan fingerprint density at radius 1 is 1.24 bits per heavy atom. The molecule has 4 atom stereocenters. The van der Waals surface area contributed by atoms with Crippen molar-refractivity contribution in [1.29, 1.82) is 0 Å². The number of rotatable bonds is 5. The van der Waals surface area contributed by atoms with Crippen LogP contribution in [0.1, 0.15) is 53.4 Å². The third-order valence-corrected chi connectivity index (χ3v) is 5.08. The van der Waals surface area contributed by atoms with Gasteiger partial charge in [-0.15, -0.1) is 0 Å². The molecular formula is C15H32N2. The summed E-state index contributed by atoms with van der Waals surface area (Å²) in [7, 11) is 2.30. The first-order chi connectivity index (χ1) is 8.01. The van der Waals surface area contributed by atoms with Crippen molar-refractivity contribution < 1.29 is 0 Å². The van der Waals surface area contributed by atoms with Crippen LogP contribution in [-0.4, -0.2) is 30.6 Å². The molecule has 0 bridgehead atoms.